The molecule has 0 spiro atoms. The number of benzene rings is 2. The first-order valence-corrected chi connectivity index (χ1v) is 7.66. The van der Waals surface area contributed by atoms with E-state index in [1.54, 1.807) is 54.6 Å². The SMILES string of the molecule is CC(=O)c1ccc(-n2nc(C(=O)O)c(C(=O)O)c2-c2ccccc2)cc1. The largest absolute Gasteiger partial charge is 0.478 e. The van der Waals surface area contributed by atoms with E-state index in [-0.39, 0.29) is 17.0 Å². The number of rotatable bonds is 5. The summed E-state index contributed by atoms with van der Waals surface area (Å²) in [6.45, 7) is 1.43. The van der Waals surface area contributed by atoms with Gasteiger partial charge in [0.15, 0.2) is 11.5 Å². The molecule has 0 bridgehead atoms. The Morgan fingerprint density at radius 1 is 0.885 bits per heavy atom. The summed E-state index contributed by atoms with van der Waals surface area (Å²) in [5, 5.41) is 23.0. The van der Waals surface area contributed by atoms with Gasteiger partial charge >= 0.3 is 11.9 Å². The van der Waals surface area contributed by atoms with Gasteiger partial charge in [-0.05, 0) is 31.2 Å². The van der Waals surface area contributed by atoms with E-state index in [1.165, 1.54) is 11.6 Å². The summed E-state index contributed by atoms with van der Waals surface area (Å²) in [5.74, 6) is -2.93. The molecule has 0 amide bonds. The lowest BCUT2D eigenvalue weighted by Crippen LogP contribution is -2.07. The van der Waals surface area contributed by atoms with Crippen LogP contribution < -0.4 is 0 Å². The van der Waals surface area contributed by atoms with E-state index >= 15 is 0 Å². The molecule has 0 aliphatic rings. The number of aromatic nitrogens is 2. The first-order valence-electron chi connectivity index (χ1n) is 7.66. The molecule has 1 heterocycles. The van der Waals surface area contributed by atoms with E-state index in [2.05, 4.69) is 5.10 Å². The van der Waals surface area contributed by atoms with E-state index in [0.717, 1.165) is 0 Å². The van der Waals surface area contributed by atoms with Gasteiger partial charge in [-0.3, -0.25) is 4.79 Å². The predicted octanol–water partition coefficient (Wildman–Crippen LogP) is 3.14. The van der Waals surface area contributed by atoms with Gasteiger partial charge in [0, 0.05) is 11.1 Å². The second-order valence-corrected chi connectivity index (χ2v) is 5.56. The number of aromatic carboxylic acids is 2. The highest BCUT2D eigenvalue weighted by molar-refractivity contribution is 6.05. The number of carbonyl (C=O) groups is 3. The van der Waals surface area contributed by atoms with Crippen LogP contribution >= 0.6 is 0 Å². The molecule has 7 heteroatoms. The summed E-state index contributed by atoms with van der Waals surface area (Å²) in [6, 6.07) is 14.9. The molecule has 0 aliphatic carbocycles. The lowest BCUT2D eigenvalue weighted by molar-refractivity contribution is 0.0648. The fraction of sp³-hybridized carbons (Fsp3) is 0.0526. The van der Waals surface area contributed by atoms with Gasteiger partial charge in [-0.25, -0.2) is 14.3 Å². The van der Waals surface area contributed by atoms with Gasteiger partial charge in [0.25, 0.3) is 0 Å². The van der Waals surface area contributed by atoms with Crippen LogP contribution in [0.1, 0.15) is 38.1 Å². The zero-order chi connectivity index (χ0) is 18.8. The Kier molecular flexibility index (Phi) is 4.36. The first-order chi connectivity index (χ1) is 12.4. The molecule has 1 aromatic heterocycles. The van der Waals surface area contributed by atoms with E-state index in [4.69, 9.17) is 0 Å². The Bertz CT molecular complexity index is 1000. The highest BCUT2D eigenvalue weighted by Gasteiger charge is 2.29. The van der Waals surface area contributed by atoms with Gasteiger partial charge < -0.3 is 10.2 Å². The van der Waals surface area contributed by atoms with Crippen LogP contribution in [0.4, 0.5) is 0 Å². The number of carboxylic acid groups (broad SMARTS) is 2. The molecule has 0 atom stereocenters. The third kappa shape index (κ3) is 2.98. The monoisotopic (exact) mass is 350 g/mol. The topological polar surface area (TPSA) is 109 Å². The molecule has 0 saturated carbocycles. The fourth-order valence-corrected chi connectivity index (χ4v) is 2.66. The normalized spacial score (nSPS) is 10.5. The van der Waals surface area contributed by atoms with Crippen molar-refractivity contribution in [3.63, 3.8) is 0 Å². The van der Waals surface area contributed by atoms with Crippen LogP contribution in [0, 0.1) is 0 Å². The quantitative estimate of drug-likeness (QED) is 0.684. The number of carboxylic acids is 2. The van der Waals surface area contributed by atoms with Gasteiger partial charge in [-0.1, -0.05) is 30.3 Å². The predicted molar refractivity (Wildman–Crippen MR) is 92.9 cm³/mol. The van der Waals surface area contributed by atoms with Gasteiger partial charge in [-0.2, -0.15) is 5.10 Å². The van der Waals surface area contributed by atoms with Crippen LogP contribution in [0.15, 0.2) is 54.6 Å². The van der Waals surface area contributed by atoms with E-state index in [9.17, 15) is 24.6 Å². The number of carbonyl (C=O) groups excluding carboxylic acids is 1. The summed E-state index contributed by atoms with van der Waals surface area (Å²) in [7, 11) is 0. The molecular weight excluding hydrogens is 336 g/mol. The van der Waals surface area contributed by atoms with Crippen LogP contribution in [-0.4, -0.2) is 37.7 Å². The zero-order valence-corrected chi connectivity index (χ0v) is 13.7. The summed E-state index contributed by atoms with van der Waals surface area (Å²) in [6.07, 6.45) is 0. The van der Waals surface area contributed by atoms with E-state index < -0.39 is 17.6 Å². The summed E-state index contributed by atoms with van der Waals surface area (Å²) < 4.78 is 1.27. The van der Waals surface area contributed by atoms with Crippen molar-refractivity contribution in [2.75, 3.05) is 0 Å². The van der Waals surface area contributed by atoms with Crippen molar-refractivity contribution in [1.29, 1.82) is 0 Å². The molecule has 0 aliphatic heterocycles. The van der Waals surface area contributed by atoms with E-state index in [0.29, 0.717) is 16.8 Å². The average Bonchev–Trinajstić information content (AvgIpc) is 3.03. The molecule has 0 radical (unpaired) electrons. The molecule has 0 saturated heterocycles. The van der Waals surface area contributed by atoms with Crippen LogP contribution in [0.3, 0.4) is 0 Å². The first kappa shape index (κ1) is 17.1. The third-order valence-corrected chi connectivity index (χ3v) is 3.87. The van der Waals surface area contributed by atoms with E-state index in [1.807, 2.05) is 0 Å². The molecule has 130 valence electrons. The Balaban J connectivity index is 2.31. The minimum absolute atomic E-state index is 0.113. The number of ketones is 1. The number of hydrogen-bond acceptors (Lipinski definition) is 4. The molecule has 3 rings (SSSR count). The average molecular weight is 350 g/mol. The second-order valence-electron chi connectivity index (χ2n) is 5.56. The molecular formula is C19H14N2O5. The van der Waals surface area contributed by atoms with Crippen LogP contribution in [0.2, 0.25) is 0 Å². The summed E-state index contributed by atoms with van der Waals surface area (Å²) >= 11 is 0. The second kappa shape index (κ2) is 6.64. The van der Waals surface area contributed by atoms with Crippen molar-refractivity contribution in [2.24, 2.45) is 0 Å². The van der Waals surface area contributed by atoms with Crippen molar-refractivity contribution in [1.82, 2.24) is 9.78 Å². The standard InChI is InChI=1S/C19H14N2O5/c1-11(22)12-7-9-14(10-8-12)21-17(13-5-3-2-4-6-13)15(18(23)24)16(20-21)19(25)26/h2-10H,1H3,(H,23,24)(H,25,26). The Hall–Kier alpha value is -3.74. The van der Waals surface area contributed by atoms with Crippen molar-refractivity contribution in [3.05, 3.63) is 71.4 Å². The Labute approximate surface area is 148 Å². The molecule has 7 nitrogen and oxygen atoms in total. The molecule has 26 heavy (non-hydrogen) atoms. The van der Waals surface area contributed by atoms with Gasteiger partial charge in [-0.15, -0.1) is 0 Å². The Morgan fingerprint density at radius 3 is 2.00 bits per heavy atom. The zero-order valence-electron chi connectivity index (χ0n) is 13.7. The minimum atomic E-state index is -1.43. The Morgan fingerprint density at radius 2 is 1.50 bits per heavy atom. The van der Waals surface area contributed by atoms with Gasteiger partial charge in [0.05, 0.1) is 11.4 Å². The van der Waals surface area contributed by atoms with Crippen LogP contribution in [0.5, 0.6) is 0 Å². The highest BCUT2D eigenvalue weighted by atomic mass is 16.4. The number of Topliss-reactive ketones (excluding diaryl/α,β-unsaturated/α-hetero) is 1. The minimum Gasteiger partial charge on any atom is -0.478 e. The maximum Gasteiger partial charge on any atom is 0.357 e. The third-order valence-electron chi connectivity index (χ3n) is 3.87. The van der Waals surface area contributed by atoms with Crippen molar-refractivity contribution in [2.45, 2.75) is 6.92 Å². The van der Waals surface area contributed by atoms with Crippen molar-refractivity contribution >= 4 is 17.7 Å². The molecule has 0 unspecified atom stereocenters. The maximum absolute atomic E-state index is 11.7. The lowest BCUT2D eigenvalue weighted by Gasteiger charge is -2.09. The fourth-order valence-electron chi connectivity index (χ4n) is 2.66. The van der Waals surface area contributed by atoms with Crippen LogP contribution in [0.25, 0.3) is 16.9 Å². The molecule has 2 N–H and O–H groups in total. The van der Waals surface area contributed by atoms with Crippen molar-refractivity contribution in [3.8, 4) is 16.9 Å². The van der Waals surface area contributed by atoms with Gasteiger partial charge in [0.1, 0.15) is 5.56 Å². The van der Waals surface area contributed by atoms with Gasteiger partial charge in [0.2, 0.25) is 0 Å². The number of nitrogens with zero attached hydrogens (tertiary/aromatic N) is 2. The molecule has 0 fully saturated rings. The summed E-state index contributed by atoms with van der Waals surface area (Å²) in [5.41, 5.74) is 0.667. The van der Waals surface area contributed by atoms with Crippen LogP contribution in [-0.2, 0) is 0 Å². The number of hydrogen-bond donors (Lipinski definition) is 2. The highest BCUT2D eigenvalue weighted by Crippen LogP contribution is 2.29. The molecule has 2 aromatic carbocycles. The summed E-state index contributed by atoms with van der Waals surface area (Å²) in [4.78, 5) is 34.7. The smallest absolute Gasteiger partial charge is 0.357 e. The van der Waals surface area contributed by atoms with Crippen molar-refractivity contribution < 1.29 is 24.6 Å². The lowest BCUT2D eigenvalue weighted by atomic mass is 10.1. The maximum atomic E-state index is 11.7. The molecule has 3 aromatic rings.